The number of nitrogens with one attached hydrogen (secondary N) is 1. The number of rotatable bonds is 4. The van der Waals surface area contributed by atoms with E-state index in [0.29, 0.717) is 11.9 Å². The minimum atomic E-state index is 0.295. The SMILES string of the molecule is COc1ncc(-c2ccc3c(c2)C(=Cc2cnc[nH]2)CCC3)c(OC)n1. The number of aromatic nitrogens is 4. The van der Waals surface area contributed by atoms with Crippen molar-refractivity contribution in [2.24, 2.45) is 0 Å². The summed E-state index contributed by atoms with van der Waals surface area (Å²) < 4.78 is 10.5. The van der Waals surface area contributed by atoms with Gasteiger partial charge in [-0.1, -0.05) is 12.1 Å². The van der Waals surface area contributed by atoms with Crippen LogP contribution in [0.5, 0.6) is 11.9 Å². The van der Waals surface area contributed by atoms with Gasteiger partial charge in [-0.2, -0.15) is 4.98 Å². The molecular formula is C20H20N4O2. The lowest BCUT2D eigenvalue weighted by molar-refractivity contribution is 0.353. The van der Waals surface area contributed by atoms with Crippen LogP contribution in [0.3, 0.4) is 0 Å². The molecule has 2 heterocycles. The molecule has 0 saturated heterocycles. The summed E-state index contributed by atoms with van der Waals surface area (Å²) in [6.07, 6.45) is 10.8. The summed E-state index contributed by atoms with van der Waals surface area (Å²) in [5.41, 5.74) is 6.83. The van der Waals surface area contributed by atoms with Gasteiger partial charge in [-0.3, -0.25) is 0 Å². The van der Waals surface area contributed by atoms with Crippen LogP contribution in [0.15, 0.2) is 36.9 Å². The van der Waals surface area contributed by atoms with Crippen molar-refractivity contribution in [3.8, 4) is 23.0 Å². The third-order valence-corrected chi connectivity index (χ3v) is 4.62. The zero-order valence-corrected chi connectivity index (χ0v) is 14.8. The number of ether oxygens (including phenoxy) is 2. The van der Waals surface area contributed by atoms with Crippen molar-refractivity contribution >= 4 is 11.6 Å². The monoisotopic (exact) mass is 348 g/mol. The average molecular weight is 348 g/mol. The maximum absolute atomic E-state index is 5.44. The Morgan fingerprint density at radius 1 is 1.08 bits per heavy atom. The molecule has 3 aromatic rings. The van der Waals surface area contributed by atoms with Crippen LogP contribution in [0.2, 0.25) is 0 Å². The standard InChI is InChI=1S/C20H20N4O2/c1-25-19-18(11-22-20(24-19)26-2)15-7-6-13-4-3-5-14(17(13)9-15)8-16-10-21-12-23-16/h6-12H,3-5H2,1-2H3,(H,21,23). The van der Waals surface area contributed by atoms with Gasteiger partial charge in [-0.05, 0) is 53.7 Å². The van der Waals surface area contributed by atoms with Gasteiger partial charge >= 0.3 is 6.01 Å². The number of allylic oxidation sites excluding steroid dienone is 1. The van der Waals surface area contributed by atoms with Crippen LogP contribution in [-0.2, 0) is 6.42 Å². The maximum atomic E-state index is 5.44. The van der Waals surface area contributed by atoms with Crippen LogP contribution in [0.1, 0.15) is 29.7 Å². The van der Waals surface area contributed by atoms with E-state index in [1.807, 2.05) is 6.20 Å². The zero-order valence-electron chi connectivity index (χ0n) is 14.8. The summed E-state index contributed by atoms with van der Waals surface area (Å²) in [5, 5.41) is 0. The first-order chi connectivity index (χ1) is 12.8. The third kappa shape index (κ3) is 3.06. The van der Waals surface area contributed by atoms with Crippen molar-refractivity contribution in [3.63, 3.8) is 0 Å². The van der Waals surface area contributed by atoms with Gasteiger partial charge in [-0.25, -0.2) is 9.97 Å². The van der Waals surface area contributed by atoms with Gasteiger partial charge in [0.05, 0.1) is 38.0 Å². The molecule has 0 amide bonds. The molecule has 26 heavy (non-hydrogen) atoms. The highest BCUT2D eigenvalue weighted by Crippen LogP contribution is 2.37. The Bertz CT molecular complexity index is 948. The Kier molecular flexibility index (Phi) is 4.39. The molecule has 0 bridgehead atoms. The second-order valence-electron chi connectivity index (χ2n) is 6.18. The summed E-state index contributed by atoms with van der Waals surface area (Å²) in [4.78, 5) is 15.8. The molecule has 2 aromatic heterocycles. The fraction of sp³-hybridized carbons (Fsp3) is 0.250. The van der Waals surface area contributed by atoms with Gasteiger partial charge in [0.15, 0.2) is 0 Å². The molecular weight excluding hydrogens is 328 g/mol. The lowest BCUT2D eigenvalue weighted by atomic mass is 9.85. The van der Waals surface area contributed by atoms with Crippen LogP contribution in [-0.4, -0.2) is 34.2 Å². The highest BCUT2D eigenvalue weighted by molar-refractivity contribution is 5.85. The highest BCUT2D eigenvalue weighted by Gasteiger charge is 2.17. The number of hydrogen-bond donors (Lipinski definition) is 1. The number of hydrogen-bond acceptors (Lipinski definition) is 5. The van der Waals surface area contributed by atoms with Crippen LogP contribution >= 0.6 is 0 Å². The number of aromatic amines is 1. The molecule has 0 spiro atoms. The van der Waals surface area contributed by atoms with E-state index >= 15 is 0 Å². The number of methoxy groups -OCH3 is 2. The summed E-state index contributed by atoms with van der Waals surface area (Å²) in [5.74, 6) is 0.506. The lowest BCUT2D eigenvalue weighted by Gasteiger charge is -2.20. The molecule has 1 aliphatic rings. The minimum absolute atomic E-state index is 0.295. The largest absolute Gasteiger partial charge is 0.480 e. The van der Waals surface area contributed by atoms with Gasteiger partial charge < -0.3 is 14.5 Å². The zero-order chi connectivity index (χ0) is 17.9. The number of fused-ring (bicyclic) bond motifs is 1. The van der Waals surface area contributed by atoms with Crippen LogP contribution < -0.4 is 9.47 Å². The van der Waals surface area contributed by atoms with E-state index in [0.717, 1.165) is 36.1 Å². The number of H-pyrrole nitrogens is 1. The topological polar surface area (TPSA) is 72.9 Å². The molecule has 1 aliphatic carbocycles. The quantitative estimate of drug-likeness (QED) is 0.777. The minimum Gasteiger partial charge on any atom is -0.480 e. The van der Waals surface area contributed by atoms with Crippen molar-refractivity contribution in [2.75, 3.05) is 14.2 Å². The molecule has 0 radical (unpaired) electrons. The van der Waals surface area contributed by atoms with Gasteiger partial charge in [-0.15, -0.1) is 0 Å². The van der Waals surface area contributed by atoms with E-state index in [2.05, 4.69) is 44.2 Å². The van der Waals surface area contributed by atoms with E-state index in [1.165, 1.54) is 16.7 Å². The average Bonchev–Trinajstić information content (AvgIpc) is 3.20. The predicted molar refractivity (Wildman–Crippen MR) is 100.0 cm³/mol. The van der Waals surface area contributed by atoms with Crippen molar-refractivity contribution in [1.82, 2.24) is 19.9 Å². The number of aryl methyl sites for hydroxylation is 1. The molecule has 0 saturated carbocycles. The molecule has 0 atom stereocenters. The normalized spacial score (nSPS) is 14.9. The Morgan fingerprint density at radius 3 is 2.77 bits per heavy atom. The molecule has 6 nitrogen and oxygen atoms in total. The van der Waals surface area contributed by atoms with Crippen molar-refractivity contribution in [2.45, 2.75) is 19.3 Å². The van der Waals surface area contributed by atoms with E-state index in [9.17, 15) is 0 Å². The first kappa shape index (κ1) is 16.3. The fourth-order valence-corrected chi connectivity index (χ4v) is 3.35. The molecule has 6 heteroatoms. The van der Waals surface area contributed by atoms with Crippen LogP contribution in [0.25, 0.3) is 22.8 Å². The first-order valence-electron chi connectivity index (χ1n) is 8.56. The summed E-state index contributed by atoms with van der Waals surface area (Å²) in [6.45, 7) is 0. The highest BCUT2D eigenvalue weighted by atomic mass is 16.5. The first-order valence-corrected chi connectivity index (χ1v) is 8.56. The second kappa shape index (κ2) is 7.00. The number of benzene rings is 1. The van der Waals surface area contributed by atoms with E-state index in [-0.39, 0.29) is 0 Å². The van der Waals surface area contributed by atoms with Crippen LogP contribution in [0, 0.1) is 0 Å². The van der Waals surface area contributed by atoms with E-state index in [4.69, 9.17) is 9.47 Å². The molecule has 0 fully saturated rings. The van der Waals surface area contributed by atoms with Gasteiger partial charge in [0.1, 0.15) is 0 Å². The third-order valence-electron chi connectivity index (χ3n) is 4.62. The number of imidazole rings is 1. The Labute approximate surface area is 151 Å². The second-order valence-corrected chi connectivity index (χ2v) is 6.18. The van der Waals surface area contributed by atoms with Crippen molar-refractivity contribution < 1.29 is 9.47 Å². The van der Waals surface area contributed by atoms with Gasteiger partial charge in [0.2, 0.25) is 5.88 Å². The molecule has 1 N–H and O–H groups in total. The molecule has 1 aromatic carbocycles. The Hall–Kier alpha value is -3.15. The maximum Gasteiger partial charge on any atom is 0.319 e. The molecule has 4 rings (SSSR count). The lowest BCUT2D eigenvalue weighted by Crippen LogP contribution is -2.03. The smallest absolute Gasteiger partial charge is 0.319 e. The van der Waals surface area contributed by atoms with E-state index in [1.54, 1.807) is 26.7 Å². The van der Waals surface area contributed by atoms with Gasteiger partial charge in [0, 0.05) is 6.20 Å². The summed E-state index contributed by atoms with van der Waals surface area (Å²) >= 11 is 0. The predicted octanol–water partition coefficient (Wildman–Crippen LogP) is 3.76. The summed E-state index contributed by atoms with van der Waals surface area (Å²) in [7, 11) is 3.15. The van der Waals surface area contributed by atoms with Crippen molar-refractivity contribution in [1.29, 1.82) is 0 Å². The molecule has 0 unspecified atom stereocenters. The fourth-order valence-electron chi connectivity index (χ4n) is 3.35. The Morgan fingerprint density at radius 2 is 2.00 bits per heavy atom. The van der Waals surface area contributed by atoms with Crippen molar-refractivity contribution in [3.05, 3.63) is 53.7 Å². The Balaban J connectivity index is 1.79. The molecule has 132 valence electrons. The molecule has 0 aliphatic heterocycles. The van der Waals surface area contributed by atoms with Gasteiger partial charge in [0.25, 0.3) is 0 Å². The summed E-state index contributed by atoms with van der Waals surface area (Å²) in [6, 6.07) is 6.79. The van der Waals surface area contributed by atoms with Crippen LogP contribution in [0.4, 0.5) is 0 Å². The number of nitrogens with zero attached hydrogens (tertiary/aromatic N) is 3. The van der Waals surface area contributed by atoms with E-state index < -0.39 is 0 Å².